The molecule has 0 bridgehead atoms. The molecule has 1 unspecified atom stereocenters. The van der Waals surface area contributed by atoms with Gasteiger partial charge in [0.2, 0.25) is 0 Å². The predicted molar refractivity (Wildman–Crippen MR) is 82.7 cm³/mol. The maximum Gasteiger partial charge on any atom is 0.123 e. The predicted octanol–water partition coefficient (Wildman–Crippen LogP) is 5.00. The normalized spacial score (nSPS) is 12.5. The SMILES string of the molecule is CCC(Nc1ccc2ncsc2c1)c1cccc(F)c1. The minimum Gasteiger partial charge on any atom is -0.378 e. The van der Waals surface area contributed by atoms with Gasteiger partial charge in [-0.15, -0.1) is 11.3 Å². The van der Waals surface area contributed by atoms with Crippen LogP contribution in [0.25, 0.3) is 10.2 Å². The van der Waals surface area contributed by atoms with Crippen molar-refractivity contribution in [2.24, 2.45) is 0 Å². The first-order chi connectivity index (χ1) is 9.76. The topological polar surface area (TPSA) is 24.9 Å². The molecule has 0 radical (unpaired) electrons. The molecule has 0 aliphatic rings. The minimum atomic E-state index is -0.194. The van der Waals surface area contributed by atoms with Gasteiger partial charge in [-0.1, -0.05) is 19.1 Å². The number of fused-ring (bicyclic) bond motifs is 1. The first-order valence-corrected chi connectivity index (χ1v) is 7.49. The zero-order chi connectivity index (χ0) is 13.9. The van der Waals surface area contributed by atoms with Gasteiger partial charge in [-0.25, -0.2) is 9.37 Å². The van der Waals surface area contributed by atoms with Crippen LogP contribution < -0.4 is 5.32 Å². The Balaban J connectivity index is 1.87. The van der Waals surface area contributed by atoms with Crippen molar-refractivity contribution in [1.29, 1.82) is 0 Å². The van der Waals surface area contributed by atoms with Crippen molar-refractivity contribution in [3.8, 4) is 0 Å². The lowest BCUT2D eigenvalue weighted by atomic mass is 10.0. The van der Waals surface area contributed by atoms with E-state index < -0.39 is 0 Å². The second-order valence-corrected chi connectivity index (χ2v) is 5.58. The molecule has 0 spiro atoms. The molecule has 0 aliphatic heterocycles. The number of halogens is 1. The second kappa shape index (κ2) is 5.59. The number of rotatable bonds is 4. The van der Waals surface area contributed by atoms with Gasteiger partial charge in [-0.2, -0.15) is 0 Å². The molecule has 1 N–H and O–H groups in total. The highest BCUT2D eigenvalue weighted by Gasteiger charge is 2.10. The summed E-state index contributed by atoms with van der Waals surface area (Å²) in [6.45, 7) is 2.09. The van der Waals surface area contributed by atoms with Crippen LogP contribution in [-0.4, -0.2) is 4.98 Å². The number of aromatic nitrogens is 1. The van der Waals surface area contributed by atoms with Gasteiger partial charge in [0.05, 0.1) is 21.8 Å². The Bertz CT molecular complexity index is 723. The quantitative estimate of drug-likeness (QED) is 0.730. The third-order valence-electron chi connectivity index (χ3n) is 3.33. The third kappa shape index (κ3) is 2.65. The van der Waals surface area contributed by atoms with Crippen LogP contribution in [0.5, 0.6) is 0 Å². The molecule has 1 aromatic heterocycles. The van der Waals surface area contributed by atoms with Crippen LogP contribution >= 0.6 is 11.3 Å². The maximum atomic E-state index is 13.3. The average Bonchev–Trinajstić information content (AvgIpc) is 2.92. The number of hydrogen-bond donors (Lipinski definition) is 1. The van der Waals surface area contributed by atoms with Crippen LogP contribution in [0.1, 0.15) is 24.9 Å². The monoisotopic (exact) mass is 286 g/mol. The smallest absolute Gasteiger partial charge is 0.123 e. The lowest BCUT2D eigenvalue weighted by molar-refractivity contribution is 0.621. The van der Waals surface area contributed by atoms with Gasteiger partial charge in [-0.05, 0) is 42.3 Å². The van der Waals surface area contributed by atoms with Crippen molar-refractivity contribution in [2.75, 3.05) is 5.32 Å². The Labute approximate surface area is 121 Å². The summed E-state index contributed by atoms with van der Waals surface area (Å²) < 4.78 is 14.5. The molecule has 0 aliphatic carbocycles. The summed E-state index contributed by atoms with van der Waals surface area (Å²) in [5, 5.41) is 3.47. The number of nitrogens with one attached hydrogen (secondary N) is 1. The summed E-state index contributed by atoms with van der Waals surface area (Å²) >= 11 is 1.62. The number of hydrogen-bond acceptors (Lipinski definition) is 3. The van der Waals surface area contributed by atoms with Crippen LogP contribution in [0.15, 0.2) is 48.0 Å². The molecule has 2 aromatic carbocycles. The summed E-state index contributed by atoms with van der Waals surface area (Å²) in [5.41, 5.74) is 4.87. The molecule has 4 heteroatoms. The van der Waals surface area contributed by atoms with Crippen molar-refractivity contribution >= 4 is 27.2 Å². The largest absolute Gasteiger partial charge is 0.378 e. The van der Waals surface area contributed by atoms with Crippen molar-refractivity contribution in [2.45, 2.75) is 19.4 Å². The van der Waals surface area contributed by atoms with E-state index in [1.807, 2.05) is 23.7 Å². The van der Waals surface area contributed by atoms with E-state index >= 15 is 0 Å². The van der Waals surface area contributed by atoms with Crippen LogP contribution in [0.2, 0.25) is 0 Å². The highest BCUT2D eigenvalue weighted by molar-refractivity contribution is 7.16. The van der Waals surface area contributed by atoms with Gasteiger partial charge in [0.25, 0.3) is 0 Å². The molecular weight excluding hydrogens is 271 g/mol. The van der Waals surface area contributed by atoms with E-state index in [1.165, 1.54) is 6.07 Å². The Morgan fingerprint density at radius 2 is 2.15 bits per heavy atom. The molecular formula is C16H15FN2S. The molecule has 2 nitrogen and oxygen atoms in total. The lowest BCUT2D eigenvalue weighted by Gasteiger charge is -2.19. The van der Waals surface area contributed by atoms with Crippen LogP contribution in [-0.2, 0) is 0 Å². The van der Waals surface area contributed by atoms with E-state index in [0.29, 0.717) is 0 Å². The highest BCUT2D eigenvalue weighted by atomic mass is 32.1. The fourth-order valence-electron chi connectivity index (χ4n) is 2.29. The van der Waals surface area contributed by atoms with E-state index in [9.17, 15) is 4.39 Å². The van der Waals surface area contributed by atoms with E-state index in [1.54, 1.807) is 23.5 Å². The Hall–Kier alpha value is -1.94. The Morgan fingerprint density at radius 3 is 2.95 bits per heavy atom. The summed E-state index contributed by atoms with van der Waals surface area (Å²) in [6, 6.07) is 13.0. The molecule has 1 atom stereocenters. The lowest BCUT2D eigenvalue weighted by Crippen LogP contribution is -2.09. The molecule has 102 valence electrons. The molecule has 3 aromatic rings. The number of benzene rings is 2. The van der Waals surface area contributed by atoms with Crippen LogP contribution in [0, 0.1) is 5.82 Å². The fraction of sp³-hybridized carbons (Fsp3) is 0.188. The standard InChI is InChI=1S/C16H15FN2S/c1-2-14(11-4-3-5-12(17)8-11)19-13-6-7-15-16(9-13)20-10-18-15/h3-10,14,19H,2H2,1H3. The minimum absolute atomic E-state index is 0.107. The van der Waals surface area contributed by atoms with Crippen molar-refractivity contribution in [1.82, 2.24) is 4.98 Å². The van der Waals surface area contributed by atoms with Gasteiger partial charge in [0.1, 0.15) is 5.82 Å². The molecule has 1 heterocycles. The van der Waals surface area contributed by atoms with Crippen molar-refractivity contribution in [3.05, 3.63) is 59.4 Å². The van der Waals surface area contributed by atoms with Crippen LogP contribution in [0.3, 0.4) is 0 Å². The summed E-state index contributed by atoms with van der Waals surface area (Å²) in [4.78, 5) is 4.27. The third-order valence-corrected chi connectivity index (χ3v) is 4.12. The molecule has 3 rings (SSSR count). The van der Waals surface area contributed by atoms with E-state index in [2.05, 4.69) is 23.3 Å². The number of nitrogens with zero attached hydrogens (tertiary/aromatic N) is 1. The van der Waals surface area contributed by atoms with Gasteiger partial charge in [0.15, 0.2) is 0 Å². The first-order valence-electron chi connectivity index (χ1n) is 6.61. The molecule has 20 heavy (non-hydrogen) atoms. The van der Waals surface area contributed by atoms with Crippen molar-refractivity contribution < 1.29 is 4.39 Å². The van der Waals surface area contributed by atoms with Crippen molar-refractivity contribution in [3.63, 3.8) is 0 Å². The molecule has 0 fully saturated rings. The zero-order valence-corrected chi connectivity index (χ0v) is 12.0. The summed E-state index contributed by atoms with van der Waals surface area (Å²) in [6.07, 6.45) is 0.893. The summed E-state index contributed by atoms with van der Waals surface area (Å²) in [7, 11) is 0. The van der Waals surface area contributed by atoms with E-state index in [4.69, 9.17) is 0 Å². The Kier molecular flexibility index (Phi) is 3.65. The van der Waals surface area contributed by atoms with Crippen LogP contribution in [0.4, 0.5) is 10.1 Å². The first kappa shape index (κ1) is 13.1. The molecule has 0 amide bonds. The number of thiazole rings is 1. The zero-order valence-electron chi connectivity index (χ0n) is 11.1. The van der Waals surface area contributed by atoms with E-state index in [0.717, 1.165) is 27.9 Å². The molecule has 0 saturated heterocycles. The van der Waals surface area contributed by atoms with Gasteiger partial charge in [-0.3, -0.25) is 0 Å². The molecule has 0 saturated carbocycles. The van der Waals surface area contributed by atoms with Gasteiger partial charge < -0.3 is 5.32 Å². The highest BCUT2D eigenvalue weighted by Crippen LogP contribution is 2.27. The Morgan fingerprint density at radius 1 is 1.25 bits per heavy atom. The average molecular weight is 286 g/mol. The second-order valence-electron chi connectivity index (χ2n) is 4.70. The fourth-order valence-corrected chi connectivity index (χ4v) is 3.01. The maximum absolute atomic E-state index is 13.3. The van der Waals surface area contributed by atoms with E-state index in [-0.39, 0.29) is 11.9 Å². The summed E-state index contributed by atoms with van der Waals surface area (Å²) in [5.74, 6) is -0.194. The van der Waals surface area contributed by atoms with Gasteiger partial charge in [0, 0.05) is 5.69 Å². The number of anilines is 1. The van der Waals surface area contributed by atoms with Gasteiger partial charge >= 0.3 is 0 Å².